The molecule has 0 radical (unpaired) electrons. The second-order valence-electron chi connectivity index (χ2n) is 5.75. The van der Waals surface area contributed by atoms with Gasteiger partial charge in [-0.15, -0.1) is 0 Å². The number of halogens is 1. The predicted octanol–water partition coefficient (Wildman–Crippen LogP) is 2.04. The zero-order valence-corrected chi connectivity index (χ0v) is 15.4. The summed E-state index contributed by atoms with van der Waals surface area (Å²) in [4.78, 5) is 38.7. The largest absolute Gasteiger partial charge is 0.493 e. The van der Waals surface area contributed by atoms with E-state index in [2.05, 4.69) is 15.5 Å². The van der Waals surface area contributed by atoms with Gasteiger partial charge in [0.2, 0.25) is 5.88 Å². The number of benzene rings is 2. The van der Waals surface area contributed by atoms with Crippen LogP contribution in [-0.4, -0.2) is 26.3 Å². The van der Waals surface area contributed by atoms with Crippen LogP contribution in [0, 0.1) is 0 Å². The van der Waals surface area contributed by atoms with Crippen LogP contribution in [0.3, 0.4) is 0 Å². The lowest BCUT2D eigenvalue weighted by atomic mass is 10.2. The van der Waals surface area contributed by atoms with Gasteiger partial charge in [-0.05, 0) is 31.2 Å². The lowest BCUT2D eigenvalue weighted by Gasteiger charge is -2.11. The molecule has 1 aromatic heterocycles. The number of para-hydroxylation sites is 1. The highest BCUT2D eigenvalue weighted by Gasteiger charge is 2.18. The summed E-state index contributed by atoms with van der Waals surface area (Å²) in [5, 5.41) is 14.6. The van der Waals surface area contributed by atoms with Crippen LogP contribution in [0.2, 0.25) is 5.02 Å². The van der Waals surface area contributed by atoms with Crippen LogP contribution in [-0.2, 0) is 0 Å². The molecule has 142 valence electrons. The third kappa shape index (κ3) is 3.72. The molecular weight excluding hydrogens is 384 g/mol. The number of rotatable bonds is 4. The van der Waals surface area contributed by atoms with Gasteiger partial charge in [0.25, 0.3) is 11.5 Å². The van der Waals surface area contributed by atoms with Crippen LogP contribution < -0.4 is 16.7 Å². The quantitative estimate of drug-likeness (QED) is 0.460. The smallest absolute Gasteiger partial charge is 0.335 e. The molecule has 0 bridgehead atoms. The number of hydrogen-bond donors (Lipinski definition) is 3. The number of hydrazone groups is 1. The van der Waals surface area contributed by atoms with E-state index in [1.165, 1.54) is 13.0 Å². The molecule has 0 atom stereocenters. The molecule has 1 heterocycles. The molecule has 9 heteroatoms. The van der Waals surface area contributed by atoms with E-state index in [0.29, 0.717) is 5.69 Å². The summed E-state index contributed by atoms with van der Waals surface area (Å²) in [5.74, 6) is -1.18. The van der Waals surface area contributed by atoms with Crippen molar-refractivity contribution in [2.45, 2.75) is 6.92 Å². The number of aromatic hydroxyl groups is 1. The highest BCUT2D eigenvalue weighted by atomic mass is 35.5. The molecule has 3 aromatic rings. The average molecular weight is 399 g/mol. The van der Waals surface area contributed by atoms with Gasteiger partial charge in [-0.25, -0.2) is 14.8 Å². The molecule has 28 heavy (non-hydrogen) atoms. The Bertz CT molecular complexity index is 1180. The molecule has 1 amide bonds. The van der Waals surface area contributed by atoms with Crippen molar-refractivity contribution in [3.05, 3.63) is 91.6 Å². The molecular formula is C19H15ClN4O4. The number of hydrogen-bond acceptors (Lipinski definition) is 5. The van der Waals surface area contributed by atoms with Crippen LogP contribution in [0.1, 0.15) is 22.8 Å². The van der Waals surface area contributed by atoms with Gasteiger partial charge in [-0.2, -0.15) is 5.10 Å². The summed E-state index contributed by atoms with van der Waals surface area (Å²) in [6.45, 7) is 1.41. The Balaban J connectivity index is 2.00. The zero-order valence-electron chi connectivity index (χ0n) is 14.6. The maximum atomic E-state index is 12.2. The topological polar surface area (TPSA) is 117 Å². The van der Waals surface area contributed by atoms with Crippen molar-refractivity contribution >= 4 is 23.2 Å². The van der Waals surface area contributed by atoms with E-state index in [0.717, 1.165) is 4.57 Å². The van der Waals surface area contributed by atoms with E-state index in [9.17, 15) is 19.5 Å². The summed E-state index contributed by atoms with van der Waals surface area (Å²) in [7, 11) is 0. The fraction of sp³-hybridized carbons (Fsp3) is 0.0526. The fourth-order valence-electron chi connectivity index (χ4n) is 2.56. The summed E-state index contributed by atoms with van der Waals surface area (Å²) >= 11 is 5.97. The van der Waals surface area contributed by atoms with Gasteiger partial charge in [-0.1, -0.05) is 41.9 Å². The third-order valence-electron chi connectivity index (χ3n) is 3.91. The number of H-pyrrole nitrogens is 1. The van der Waals surface area contributed by atoms with Gasteiger partial charge in [0, 0.05) is 0 Å². The minimum atomic E-state index is -0.831. The van der Waals surface area contributed by atoms with Crippen LogP contribution in [0.15, 0.2) is 69.3 Å². The molecule has 0 saturated heterocycles. The highest BCUT2D eigenvalue weighted by molar-refractivity contribution is 6.33. The minimum Gasteiger partial charge on any atom is -0.493 e. The molecule has 0 aliphatic rings. The molecule has 0 aliphatic carbocycles. The van der Waals surface area contributed by atoms with Crippen molar-refractivity contribution in [2.24, 2.45) is 5.10 Å². The Labute approximate surface area is 163 Å². The second kappa shape index (κ2) is 7.93. The molecule has 3 rings (SSSR count). The summed E-state index contributed by atoms with van der Waals surface area (Å²) in [6, 6.07) is 14.7. The first kappa shape index (κ1) is 19.1. The van der Waals surface area contributed by atoms with Crippen LogP contribution in [0.25, 0.3) is 5.69 Å². The van der Waals surface area contributed by atoms with Crippen molar-refractivity contribution < 1.29 is 9.90 Å². The van der Waals surface area contributed by atoms with Crippen molar-refractivity contribution in [3.8, 4) is 11.6 Å². The Kier molecular flexibility index (Phi) is 5.42. The lowest BCUT2D eigenvalue weighted by molar-refractivity contribution is 0.0955. The predicted molar refractivity (Wildman–Crippen MR) is 105 cm³/mol. The van der Waals surface area contributed by atoms with E-state index < -0.39 is 23.0 Å². The number of nitrogens with zero attached hydrogens (tertiary/aromatic N) is 2. The number of carbonyl (C=O) groups is 1. The molecule has 0 fully saturated rings. The van der Waals surface area contributed by atoms with Gasteiger partial charge < -0.3 is 5.11 Å². The lowest BCUT2D eigenvalue weighted by Crippen LogP contribution is -2.33. The number of nitrogens with one attached hydrogen (secondary N) is 2. The molecule has 0 saturated carbocycles. The number of carbonyl (C=O) groups excluding carboxylic acids is 1. The standard InChI is InChI=1S/C19H15ClN4O4/c1-11(22-23-16(25)13-9-5-6-10-14(13)20)15-17(26)21-19(28)24(18(15)27)12-7-3-2-4-8-12/h2-10,27H,1H3,(H,23,25)(H,21,26,28)/b22-11+. The molecule has 0 aliphatic heterocycles. The van der Waals surface area contributed by atoms with Crippen molar-refractivity contribution in [3.63, 3.8) is 0 Å². The fourth-order valence-corrected chi connectivity index (χ4v) is 2.79. The van der Waals surface area contributed by atoms with E-state index in [4.69, 9.17) is 11.6 Å². The maximum Gasteiger partial charge on any atom is 0.335 e. The molecule has 0 spiro atoms. The Morgan fingerprint density at radius 2 is 1.75 bits per heavy atom. The normalized spacial score (nSPS) is 11.3. The van der Waals surface area contributed by atoms with Crippen molar-refractivity contribution in [1.82, 2.24) is 15.0 Å². The van der Waals surface area contributed by atoms with Gasteiger partial charge >= 0.3 is 5.69 Å². The Hall–Kier alpha value is -3.65. The monoisotopic (exact) mass is 398 g/mol. The van der Waals surface area contributed by atoms with Crippen LogP contribution in [0.5, 0.6) is 5.88 Å². The first-order valence-corrected chi connectivity index (χ1v) is 8.51. The minimum absolute atomic E-state index is 0.00355. The van der Waals surface area contributed by atoms with E-state index in [1.54, 1.807) is 48.5 Å². The number of amides is 1. The van der Waals surface area contributed by atoms with E-state index >= 15 is 0 Å². The first-order chi connectivity index (χ1) is 13.4. The van der Waals surface area contributed by atoms with Crippen LogP contribution in [0.4, 0.5) is 0 Å². The second-order valence-corrected chi connectivity index (χ2v) is 6.15. The number of aromatic amines is 1. The van der Waals surface area contributed by atoms with Gasteiger partial charge in [-0.3, -0.25) is 14.6 Å². The molecule has 3 N–H and O–H groups in total. The first-order valence-electron chi connectivity index (χ1n) is 8.13. The van der Waals surface area contributed by atoms with Gasteiger partial charge in [0.1, 0.15) is 5.56 Å². The average Bonchev–Trinajstić information content (AvgIpc) is 2.67. The van der Waals surface area contributed by atoms with E-state index in [-0.39, 0.29) is 21.9 Å². The molecule has 8 nitrogen and oxygen atoms in total. The zero-order chi connectivity index (χ0) is 20.3. The maximum absolute atomic E-state index is 12.2. The van der Waals surface area contributed by atoms with Crippen molar-refractivity contribution in [2.75, 3.05) is 0 Å². The third-order valence-corrected chi connectivity index (χ3v) is 4.24. The van der Waals surface area contributed by atoms with E-state index in [1.807, 2.05) is 0 Å². The van der Waals surface area contributed by atoms with Crippen molar-refractivity contribution in [1.29, 1.82) is 0 Å². The Morgan fingerprint density at radius 1 is 1.11 bits per heavy atom. The summed E-state index contributed by atoms with van der Waals surface area (Å²) in [5.41, 5.74) is 0.963. The summed E-state index contributed by atoms with van der Waals surface area (Å²) < 4.78 is 0.936. The van der Waals surface area contributed by atoms with Gasteiger partial charge in [0.05, 0.1) is 22.0 Å². The van der Waals surface area contributed by atoms with Crippen LogP contribution >= 0.6 is 11.6 Å². The SMILES string of the molecule is C/C(=N\NC(=O)c1ccccc1Cl)c1c(O)n(-c2ccccc2)c(=O)[nH]c1=O. The molecule has 2 aromatic carbocycles. The Morgan fingerprint density at radius 3 is 2.43 bits per heavy atom. The highest BCUT2D eigenvalue weighted by Crippen LogP contribution is 2.17. The number of aromatic nitrogens is 2. The van der Waals surface area contributed by atoms with Gasteiger partial charge in [0.15, 0.2) is 0 Å². The molecule has 0 unspecified atom stereocenters. The summed E-state index contributed by atoms with van der Waals surface area (Å²) in [6.07, 6.45) is 0.